The molecule has 7 heteroatoms. The quantitative estimate of drug-likeness (QED) is 0.531. The van der Waals surface area contributed by atoms with Crippen molar-refractivity contribution < 1.29 is 23.8 Å². The molecule has 7 nitrogen and oxygen atoms in total. The number of hydrogen-bond donors (Lipinski definition) is 1. The maximum atomic E-state index is 12.5. The summed E-state index contributed by atoms with van der Waals surface area (Å²) in [4.78, 5) is 32.5. The van der Waals surface area contributed by atoms with Crippen LogP contribution in [0.15, 0.2) is 48.8 Å². The van der Waals surface area contributed by atoms with E-state index in [0.717, 1.165) is 5.56 Å². The maximum absolute atomic E-state index is 12.5. The fraction of sp³-hybridized carbons (Fsp3) is 0.250. The lowest BCUT2D eigenvalue weighted by Crippen LogP contribution is -2.32. The highest BCUT2D eigenvalue weighted by Crippen LogP contribution is 2.40. The van der Waals surface area contributed by atoms with Gasteiger partial charge in [-0.25, -0.2) is 4.98 Å². The molecule has 0 amide bonds. The van der Waals surface area contributed by atoms with Gasteiger partial charge in [0.2, 0.25) is 0 Å². The van der Waals surface area contributed by atoms with Crippen molar-refractivity contribution in [2.45, 2.75) is 5.92 Å². The molecule has 2 aromatic heterocycles. The van der Waals surface area contributed by atoms with Crippen LogP contribution in [-0.4, -0.2) is 43.2 Å². The number of methoxy groups -OCH3 is 3. The van der Waals surface area contributed by atoms with Crippen molar-refractivity contribution in [3.05, 3.63) is 59.9 Å². The number of rotatable bonds is 6. The Balaban J connectivity index is 2.28. The monoisotopic (exact) mass is 368 g/mol. The summed E-state index contributed by atoms with van der Waals surface area (Å²) in [7, 11) is 4.05. The molecule has 2 heterocycles. The summed E-state index contributed by atoms with van der Waals surface area (Å²) in [5, 5.41) is 0.701. The zero-order valence-electron chi connectivity index (χ0n) is 15.3. The van der Waals surface area contributed by atoms with Gasteiger partial charge in [-0.15, -0.1) is 0 Å². The van der Waals surface area contributed by atoms with Crippen LogP contribution in [0.5, 0.6) is 5.75 Å². The van der Waals surface area contributed by atoms with Crippen LogP contribution < -0.4 is 4.74 Å². The van der Waals surface area contributed by atoms with E-state index in [2.05, 4.69) is 9.97 Å². The Hall–Kier alpha value is -3.35. The fourth-order valence-electron chi connectivity index (χ4n) is 3.30. The Kier molecular flexibility index (Phi) is 5.40. The Morgan fingerprint density at radius 2 is 1.67 bits per heavy atom. The molecule has 0 aliphatic carbocycles. The first-order valence-electron chi connectivity index (χ1n) is 8.33. The first kappa shape index (κ1) is 18.4. The molecule has 0 unspecified atom stereocenters. The summed E-state index contributed by atoms with van der Waals surface area (Å²) in [5.41, 5.74) is 2.06. The number of aromatic amines is 1. The van der Waals surface area contributed by atoms with Crippen molar-refractivity contribution in [1.29, 1.82) is 0 Å². The third-order valence-electron chi connectivity index (χ3n) is 4.52. The number of ether oxygens (including phenoxy) is 3. The van der Waals surface area contributed by atoms with Gasteiger partial charge in [-0.2, -0.15) is 0 Å². The minimum Gasteiger partial charge on any atom is -0.496 e. The van der Waals surface area contributed by atoms with Gasteiger partial charge in [0.25, 0.3) is 0 Å². The number of carbonyl (C=O) groups excluding carboxylic acids is 2. The molecular weight excluding hydrogens is 348 g/mol. The smallest absolute Gasteiger partial charge is 0.321 e. The van der Waals surface area contributed by atoms with Gasteiger partial charge in [0.1, 0.15) is 11.4 Å². The Labute approximate surface area is 156 Å². The summed E-state index contributed by atoms with van der Waals surface area (Å²) in [6.07, 6.45) is 3.35. The molecule has 0 saturated carbocycles. The van der Waals surface area contributed by atoms with E-state index in [1.807, 2.05) is 30.3 Å². The zero-order valence-corrected chi connectivity index (χ0v) is 15.3. The highest BCUT2D eigenvalue weighted by molar-refractivity contribution is 5.98. The number of pyridine rings is 1. The van der Waals surface area contributed by atoms with Gasteiger partial charge in [-0.3, -0.25) is 9.59 Å². The van der Waals surface area contributed by atoms with Crippen LogP contribution in [0.25, 0.3) is 11.0 Å². The van der Waals surface area contributed by atoms with Crippen LogP contribution in [0.1, 0.15) is 17.0 Å². The van der Waals surface area contributed by atoms with E-state index in [4.69, 9.17) is 14.2 Å². The fourth-order valence-corrected chi connectivity index (χ4v) is 3.30. The van der Waals surface area contributed by atoms with Crippen LogP contribution in [0, 0.1) is 5.92 Å². The van der Waals surface area contributed by atoms with E-state index in [9.17, 15) is 9.59 Å². The number of H-pyrrole nitrogens is 1. The van der Waals surface area contributed by atoms with Gasteiger partial charge in [-0.1, -0.05) is 30.3 Å². The minimum atomic E-state index is -1.17. The maximum Gasteiger partial charge on any atom is 0.321 e. The first-order valence-corrected chi connectivity index (χ1v) is 8.33. The second-order valence-electron chi connectivity index (χ2n) is 5.89. The lowest BCUT2D eigenvalue weighted by molar-refractivity contribution is -0.159. The predicted octanol–water partition coefficient (Wildman–Crippen LogP) is 2.67. The van der Waals surface area contributed by atoms with E-state index in [1.54, 1.807) is 25.6 Å². The summed E-state index contributed by atoms with van der Waals surface area (Å²) < 4.78 is 15.3. The highest BCUT2D eigenvalue weighted by Gasteiger charge is 2.40. The highest BCUT2D eigenvalue weighted by atomic mass is 16.5. The molecule has 0 bridgehead atoms. The van der Waals surface area contributed by atoms with Crippen LogP contribution in [0.4, 0.5) is 0 Å². The SMILES string of the molecule is COC(=O)C(C(=O)OC)[C@@H](c1ccccc1)c1c[nH]c2nccc(OC)c12. The molecule has 3 rings (SSSR count). The normalized spacial score (nSPS) is 12.0. The molecule has 0 fully saturated rings. The number of esters is 2. The van der Waals surface area contributed by atoms with Gasteiger partial charge >= 0.3 is 11.9 Å². The van der Waals surface area contributed by atoms with Crippen molar-refractivity contribution >= 4 is 23.0 Å². The minimum absolute atomic E-state index is 0.589. The molecule has 0 aliphatic rings. The third-order valence-corrected chi connectivity index (χ3v) is 4.52. The molecule has 1 atom stereocenters. The Morgan fingerprint density at radius 3 is 2.26 bits per heavy atom. The first-order chi connectivity index (χ1) is 13.1. The number of benzene rings is 1. The van der Waals surface area contributed by atoms with E-state index in [-0.39, 0.29) is 0 Å². The van der Waals surface area contributed by atoms with Gasteiger partial charge in [0.15, 0.2) is 5.92 Å². The molecule has 27 heavy (non-hydrogen) atoms. The Bertz CT molecular complexity index is 935. The molecule has 0 saturated heterocycles. The predicted molar refractivity (Wildman–Crippen MR) is 98.5 cm³/mol. The molecule has 1 N–H and O–H groups in total. The molecule has 140 valence electrons. The van der Waals surface area contributed by atoms with Crippen LogP contribution in [0.2, 0.25) is 0 Å². The van der Waals surface area contributed by atoms with Crippen LogP contribution in [-0.2, 0) is 19.1 Å². The van der Waals surface area contributed by atoms with Crippen molar-refractivity contribution in [1.82, 2.24) is 9.97 Å². The number of nitrogens with zero attached hydrogens (tertiary/aromatic N) is 1. The van der Waals surface area contributed by atoms with E-state index in [0.29, 0.717) is 22.3 Å². The van der Waals surface area contributed by atoms with Gasteiger partial charge < -0.3 is 19.2 Å². The topological polar surface area (TPSA) is 90.5 Å². The summed E-state index contributed by atoms with van der Waals surface area (Å²) in [5.74, 6) is -2.57. The second kappa shape index (κ2) is 7.90. The van der Waals surface area contributed by atoms with Crippen molar-refractivity contribution in [2.24, 2.45) is 5.92 Å². The van der Waals surface area contributed by atoms with E-state index in [1.165, 1.54) is 14.2 Å². The average molecular weight is 368 g/mol. The number of aromatic nitrogens is 2. The van der Waals surface area contributed by atoms with E-state index >= 15 is 0 Å². The summed E-state index contributed by atoms with van der Waals surface area (Å²) in [6, 6.07) is 11.0. The van der Waals surface area contributed by atoms with Crippen LogP contribution >= 0.6 is 0 Å². The third kappa shape index (κ3) is 3.36. The lowest BCUT2D eigenvalue weighted by atomic mass is 9.80. The number of carbonyl (C=O) groups is 2. The van der Waals surface area contributed by atoms with Gasteiger partial charge in [0.05, 0.1) is 26.7 Å². The van der Waals surface area contributed by atoms with Crippen molar-refractivity contribution in [3.8, 4) is 5.75 Å². The molecule has 3 aromatic rings. The van der Waals surface area contributed by atoms with Gasteiger partial charge in [-0.05, 0) is 17.2 Å². The van der Waals surface area contributed by atoms with Gasteiger partial charge in [0, 0.05) is 18.3 Å². The molecular formula is C20H20N2O5. The second-order valence-corrected chi connectivity index (χ2v) is 5.89. The lowest BCUT2D eigenvalue weighted by Gasteiger charge is -2.24. The summed E-state index contributed by atoms with van der Waals surface area (Å²) >= 11 is 0. The van der Waals surface area contributed by atoms with Crippen molar-refractivity contribution in [2.75, 3.05) is 21.3 Å². The number of fused-ring (bicyclic) bond motifs is 1. The van der Waals surface area contributed by atoms with Crippen LogP contribution in [0.3, 0.4) is 0 Å². The number of nitrogens with one attached hydrogen (secondary N) is 1. The van der Waals surface area contributed by atoms with E-state index < -0.39 is 23.8 Å². The standard InChI is InChI=1S/C20H20N2O5/c1-25-14-9-10-21-18-16(14)13(11-22-18)15(12-7-5-4-6-8-12)17(19(23)26-2)20(24)27-3/h4-11,15,17H,1-3H3,(H,21,22)/t15-/m0/s1. The molecule has 0 spiro atoms. The van der Waals surface area contributed by atoms with Crippen molar-refractivity contribution in [3.63, 3.8) is 0 Å². The molecule has 0 radical (unpaired) electrons. The average Bonchev–Trinajstić information content (AvgIpc) is 3.15. The largest absolute Gasteiger partial charge is 0.496 e. The molecule has 0 aliphatic heterocycles. The zero-order chi connectivity index (χ0) is 19.4. The number of hydrogen-bond acceptors (Lipinski definition) is 6. The summed E-state index contributed by atoms with van der Waals surface area (Å²) in [6.45, 7) is 0. The Morgan fingerprint density at radius 1 is 1.00 bits per heavy atom. The molecule has 1 aromatic carbocycles.